The summed E-state index contributed by atoms with van der Waals surface area (Å²) in [6, 6.07) is 9.05. The summed E-state index contributed by atoms with van der Waals surface area (Å²) in [4.78, 5) is 27.5. The number of likely N-dealkylation sites (tertiary alicyclic amines) is 1. The van der Waals surface area contributed by atoms with Gasteiger partial charge in [0.25, 0.3) is 5.91 Å². The fourth-order valence-electron chi connectivity index (χ4n) is 3.96. The highest BCUT2D eigenvalue weighted by Crippen LogP contribution is 2.38. The lowest BCUT2D eigenvalue weighted by molar-refractivity contribution is 0.0769. The fourth-order valence-corrected chi connectivity index (χ4v) is 4.38. The third-order valence-electron chi connectivity index (χ3n) is 5.66. The van der Waals surface area contributed by atoms with Gasteiger partial charge in [-0.1, -0.05) is 40.9 Å². The van der Waals surface area contributed by atoms with E-state index in [1.165, 1.54) is 0 Å². The van der Waals surface area contributed by atoms with Crippen molar-refractivity contribution >= 4 is 40.7 Å². The van der Waals surface area contributed by atoms with E-state index in [-0.39, 0.29) is 23.8 Å². The zero-order valence-electron chi connectivity index (χ0n) is 17.5. The summed E-state index contributed by atoms with van der Waals surface area (Å²) in [5.41, 5.74) is 1.46. The first-order chi connectivity index (χ1) is 15.3. The van der Waals surface area contributed by atoms with E-state index in [0.29, 0.717) is 45.4 Å². The van der Waals surface area contributed by atoms with E-state index < -0.39 is 0 Å². The molecular formula is C23H21Cl3N4O2. The molecule has 32 heavy (non-hydrogen) atoms. The number of carbonyl (C=O) groups is 1. The van der Waals surface area contributed by atoms with Crippen molar-refractivity contribution in [2.24, 2.45) is 5.92 Å². The molecule has 4 rings (SSSR count). The molecule has 1 aromatic carbocycles. The van der Waals surface area contributed by atoms with Crippen LogP contribution in [0.15, 0.2) is 48.9 Å². The predicted molar refractivity (Wildman–Crippen MR) is 125 cm³/mol. The predicted octanol–water partition coefficient (Wildman–Crippen LogP) is 5.46. The number of ether oxygens (including phenoxy) is 1. The first-order valence-corrected chi connectivity index (χ1v) is 11.3. The Morgan fingerprint density at radius 1 is 1.03 bits per heavy atom. The Balaban J connectivity index is 1.61. The molecule has 1 saturated heterocycles. The standard InChI is InChI=1S/C23H21Cl3N4O2/c1-13(32-22-6-4-17(24)10-29-22)18-11-30(23(31)16-8-27-14(2)28-9-16)12-19(18)15-3-5-20(25)21(26)7-15/h3-10,13,18-19H,11-12H2,1-2H3/t13-,18-,19+/m0/s1. The van der Waals surface area contributed by atoms with Gasteiger partial charge >= 0.3 is 0 Å². The van der Waals surface area contributed by atoms with Crippen LogP contribution in [0.2, 0.25) is 15.1 Å². The monoisotopic (exact) mass is 490 g/mol. The number of benzene rings is 1. The second-order valence-corrected chi connectivity index (χ2v) is 9.06. The van der Waals surface area contributed by atoms with Crippen molar-refractivity contribution in [1.29, 1.82) is 0 Å². The Hall–Kier alpha value is -2.41. The average molecular weight is 492 g/mol. The minimum absolute atomic E-state index is 0.0000342. The molecule has 0 saturated carbocycles. The van der Waals surface area contributed by atoms with Crippen molar-refractivity contribution < 1.29 is 9.53 Å². The molecule has 0 unspecified atom stereocenters. The number of nitrogens with zero attached hydrogens (tertiary/aromatic N) is 4. The van der Waals surface area contributed by atoms with Crippen molar-refractivity contribution in [3.05, 3.63) is 80.9 Å². The number of halogens is 3. The number of hydrogen-bond acceptors (Lipinski definition) is 5. The van der Waals surface area contributed by atoms with E-state index in [4.69, 9.17) is 39.5 Å². The summed E-state index contributed by atoms with van der Waals surface area (Å²) < 4.78 is 6.12. The van der Waals surface area contributed by atoms with E-state index in [1.54, 1.807) is 48.6 Å². The van der Waals surface area contributed by atoms with E-state index in [0.717, 1.165) is 5.56 Å². The van der Waals surface area contributed by atoms with Crippen LogP contribution in [0.5, 0.6) is 5.88 Å². The van der Waals surface area contributed by atoms with E-state index >= 15 is 0 Å². The molecule has 2 aromatic heterocycles. The zero-order valence-corrected chi connectivity index (χ0v) is 19.8. The molecule has 1 aliphatic rings. The highest BCUT2D eigenvalue weighted by atomic mass is 35.5. The molecule has 3 heterocycles. The van der Waals surface area contributed by atoms with Gasteiger partial charge in [-0.2, -0.15) is 0 Å². The highest BCUT2D eigenvalue weighted by Gasteiger charge is 2.40. The molecule has 166 valence electrons. The molecule has 1 aliphatic heterocycles. The normalized spacial score (nSPS) is 19.1. The van der Waals surface area contributed by atoms with Gasteiger partial charge in [0.1, 0.15) is 11.9 Å². The third kappa shape index (κ3) is 4.98. The molecule has 9 heteroatoms. The minimum atomic E-state index is -0.227. The summed E-state index contributed by atoms with van der Waals surface area (Å²) >= 11 is 18.3. The first-order valence-electron chi connectivity index (χ1n) is 10.1. The lowest BCUT2D eigenvalue weighted by Crippen LogP contribution is -2.32. The number of pyridine rings is 1. The van der Waals surface area contributed by atoms with Crippen molar-refractivity contribution in [3.8, 4) is 5.88 Å². The van der Waals surface area contributed by atoms with Crippen LogP contribution < -0.4 is 4.74 Å². The molecule has 1 amide bonds. The molecule has 6 nitrogen and oxygen atoms in total. The molecule has 0 radical (unpaired) electrons. The summed E-state index contributed by atoms with van der Waals surface area (Å²) in [6.07, 6.45) is 4.44. The molecule has 0 bridgehead atoms. The Morgan fingerprint density at radius 3 is 2.44 bits per heavy atom. The maximum Gasteiger partial charge on any atom is 0.257 e. The van der Waals surface area contributed by atoms with Crippen LogP contribution in [0, 0.1) is 12.8 Å². The Bertz CT molecular complexity index is 1110. The maximum atomic E-state index is 13.2. The van der Waals surface area contributed by atoms with Gasteiger partial charge in [0.05, 0.1) is 20.6 Å². The van der Waals surface area contributed by atoms with Crippen LogP contribution in [-0.2, 0) is 0 Å². The topological polar surface area (TPSA) is 68.2 Å². The smallest absolute Gasteiger partial charge is 0.257 e. The van der Waals surface area contributed by atoms with E-state index in [9.17, 15) is 4.79 Å². The quantitative estimate of drug-likeness (QED) is 0.474. The van der Waals surface area contributed by atoms with Crippen LogP contribution in [-0.4, -0.2) is 45.0 Å². The highest BCUT2D eigenvalue weighted by molar-refractivity contribution is 6.42. The van der Waals surface area contributed by atoms with Gasteiger partial charge in [-0.3, -0.25) is 4.79 Å². The number of rotatable bonds is 5. The number of hydrogen-bond donors (Lipinski definition) is 0. The second-order valence-electron chi connectivity index (χ2n) is 7.81. The lowest BCUT2D eigenvalue weighted by Gasteiger charge is -2.25. The lowest BCUT2D eigenvalue weighted by atomic mass is 9.86. The summed E-state index contributed by atoms with van der Waals surface area (Å²) in [5, 5.41) is 1.51. The van der Waals surface area contributed by atoms with Crippen LogP contribution >= 0.6 is 34.8 Å². The van der Waals surface area contributed by atoms with Crippen LogP contribution in [0.1, 0.15) is 34.6 Å². The van der Waals surface area contributed by atoms with Crippen molar-refractivity contribution in [2.75, 3.05) is 13.1 Å². The van der Waals surface area contributed by atoms with Gasteiger partial charge in [-0.15, -0.1) is 0 Å². The molecule has 0 N–H and O–H groups in total. The van der Waals surface area contributed by atoms with E-state index in [1.807, 2.05) is 19.1 Å². The molecule has 0 spiro atoms. The Kier molecular flexibility index (Phi) is 6.84. The van der Waals surface area contributed by atoms with Crippen LogP contribution in [0.3, 0.4) is 0 Å². The Labute approximate surface area is 201 Å². The summed E-state index contributed by atoms with van der Waals surface area (Å²) in [6.45, 7) is 4.78. The van der Waals surface area contributed by atoms with Crippen molar-refractivity contribution in [2.45, 2.75) is 25.9 Å². The number of aryl methyl sites for hydroxylation is 1. The molecular weight excluding hydrogens is 471 g/mol. The number of aromatic nitrogens is 3. The minimum Gasteiger partial charge on any atom is -0.474 e. The molecule has 3 aromatic rings. The molecule has 3 atom stereocenters. The summed E-state index contributed by atoms with van der Waals surface area (Å²) in [5.74, 6) is 0.982. The van der Waals surface area contributed by atoms with Gasteiger partial charge in [-0.05, 0) is 37.6 Å². The van der Waals surface area contributed by atoms with Gasteiger partial charge in [0.15, 0.2) is 0 Å². The average Bonchev–Trinajstić information content (AvgIpc) is 3.23. The second kappa shape index (κ2) is 9.61. The molecule has 0 aliphatic carbocycles. The van der Waals surface area contributed by atoms with E-state index in [2.05, 4.69) is 15.0 Å². The zero-order chi connectivity index (χ0) is 22.8. The first kappa shape index (κ1) is 22.8. The molecule has 1 fully saturated rings. The SMILES string of the molecule is Cc1ncc(C(=O)N2C[C@@H]([C@H](C)Oc3ccc(Cl)cn3)[C@@H](c3ccc(Cl)c(Cl)c3)C2)cn1. The Morgan fingerprint density at radius 2 is 1.78 bits per heavy atom. The largest absolute Gasteiger partial charge is 0.474 e. The maximum absolute atomic E-state index is 13.2. The van der Waals surface area contributed by atoms with Gasteiger partial charge < -0.3 is 9.64 Å². The van der Waals surface area contributed by atoms with Crippen molar-refractivity contribution in [1.82, 2.24) is 19.9 Å². The summed E-state index contributed by atoms with van der Waals surface area (Å²) in [7, 11) is 0. The van der Waals surface area contributed by atoms with Crippen LogP contribution in [0.4, 0.5) is 0 Å². The van der Waals surface area contributed by atoms with Gasteiger partial charge in [-0.25, -0.2) is 15.0 Å². The van der Waals surface area contributed by atoms with Crippen molar-refractivity contribution in [3.63, 3.8) is 0 Å². The third-order valence-corrected chi connectivity index (χ3v) is 6.62. The number of amides is 1. The fraction of sp³-hybridized carbons (Fsp3) is 0.304. The van der Waals surface area contributed by atoms with Gasteiger partial charge in [0, 0.05) is 49.6 Å². The number of carbonyl (C=O) groups excluding carboxylic acids is 1. The van der Waals surface area contributed by atoms with Crippen LogP contribution in [0.25, 0.3) is 0 Å². The van der Waals surface area contributed by atoms with Gasteiger partial charge in [0.2, 0.25) is 5.88 Å².